The molecule has 0 aliphatic heterocycles. The topological polar surface area (TPSA) is 81.2 Å². The fraction of sp³-hybridized carbons (Fsp3) is 0.308. The number of hydrogen-bond donors (Lipinski definition) is 1. The van der Waals surface area contributed by atoms with E-state index in [1.165, 1.54) is 12.8 Å². The molecule has 2 N–H and O–H groups in total. The van der Waals surface area contributed by atoms with Crippen molar-refractivity contribution in [1.82, 2.24) is 4.98 Å². The average molecular weight is 448 g/mol. The lowest BCUT2D eigenvalue weighted by atomic mass is 9.87. The highest BCUT2D eigenvalue weighted by molar-refractivity contribution is 6.30. The van der Waals surface area contributed by atoms with E-state index in [1.807, 2.05) is 30.3 Å². The Morgan fingerprint density at radius 1 is 1.06 bits per heavy atom. The first-order valence-electron chi connectivity index (χ1n) is 10.9. The van der Waals surface area contributed by atoms with E-state index in [4.69, 9.17) is 26.8 Å². The molecule has 1 aliphatic rings. The van der Waals surface area contributed by atoms with Gasteiger partial charge in [-0.1, -0.05) is 30.5 Å². The molecule has 1 aromatic heterocycles. The first kappa shape index (κ1) is 22.0. The Hall–Kier alpha value is -3.23. The minimum absolute atomic E-state index is 0.302. The summed E-state index contributed by atoms with van der Waals surface area (Å²) >= 11 is 5.97. The van der Waals surface area contributed by atoms with Crippen molar-refractivity contribution >= 4 is 17.4 Å². The molecule has 3 aromatic rings. The number of nitrogen functional groups attached to an aromatic ring is 1. The van der Waals surface area contributed by atoms with Crippen molar-refractivity contribution in [1.29, 1.82) is 5.26 Å². The summed E-state index contributed by atoms with van der Waals surface area (Å²) < 4.78 is 11.5. The van der Waals surface area contributed by atoms with Gasteiger partial charge in [-0.3, -0.25) is 0 Å². The number of nitrogens with two attached hydrogens (primary N) is 1. The van der Waals surface area contributed by atoms with E-state index < -0.39 is 0 Å². The zero-order chi connectivity index (χ0) is 22.5. The van der Waals surface area contributed by atoms with Gasteiger partial charge in [0.15, 0.2) is 0 Å². The van der Waals surface area contributed by atoms with Crippen LogP contribution in [0.1, 0.15) is 48.1 Å². The predicted molar refractivity (Wildman–Crippen MR) is 127 cm³/mol. The lowest BCUT2D eigenvalue weighted by Gasteiger charge is -2.20. The van der Waals surface area contributed by atoms with Gasteiger partial charge in [-0.25, -0.2) is 4.98 Å². The number of hydrogen-bond acceptors (Lipinski definition) is 5. The number of nitrogens with zero attached hydrogens (tertiary/aromatic N) is 2. The molecule has 0 bridgehead atoms. The van der Waals surface area contributed by atoms with E-state index in [1.54, 1.807) is 19.2 Å². The molecule has 6 heteroatoms. The maximum Gasteiger partial charge on any atom is 0.142 e. The lowest BCUT2D eigenvalue weighted by Crippen LogP contribution is -2.10. The predicted octanol–water partition coefficient (Wildman–Crippen LogP) is 6.10. The van der Waals surface area contributed by atoms with Crippen molar-refractivity contribution in [3.8, 4) is 28.7 Å². The van der Waals surface area contributed by atoms with Gasteiger partial charge >= 0.3 is 0 Å². The number of methoxy groups -OCH3 is 1. The molecular weight excluding hydrogens is 422 g/mol. The minimum atomic E-state index is 0.302. The van der Waals surface area contributed by atoms with Gasteiger partial charge in [-0.15, -0.1) is 0 Å². The number of nitriles is 1. The summed E-state index contributed by atoms with van der Waals surface area (Å²) in [4.78, 5) is 4.61. The zero-order valence-electron chi connectivity index (χ0n) is 18.2. The Balaban J connectivity index is 1.77. The van der Waals surface area contributed by atoms with Crippen LogP contribution >= 0.6 is 11.6 Å². The van der Waals surface area contributed by atoms with E-state index in [0.29, 0.717) is 23.0 Å². The van der Waals surface area contributed by atoms with E-state index >= 15 is 0 Å². The molecule has 0 unspecified atom stereocenters. The number of rotatable bonds is 5. The summed E-state index contributed by atoms with van der Waals surface area (Å²) in [6, 6.07) is 15.5. The summed E-state index contributed by atoms with van der Waals surface area (Å²) in [5, 5.41) is 10.6. The molecule has 4 rings (SSSR count). The summed E-state index contributed by atoms with van der Waals surface area (Å²) in [5.74, 6) is 1.75. The second kappa shape index (κ2) is 9.93. The fourth-order valence-corrected chi connectivity index (χ4v) is 4.41. The molecule has 0 saturated carbocycles. The molecule has 0 saturated heterocycles. The summed E-state index contributed by atoms with van der Waals surface area (Å²) in [5.41, 5.74) is 11.6. The van der Waals surface area contributed by atoms with Gasteiger partial charge in [0.05, 0.1) is 7.11 Å². The van der Waals surface area contributed by atoms with Crippen LogP contribution in [0.5, 0.6) is 11.5 Å². The molecule has 0 radical (unpaired) electrons. The Morgan fingerprint density at radius 3 is 2.53 bits per heavy atom. The van der Waals surface area contributed by atoms with Gasteiger partial charge < -0.3 is 15.2 Å². The first-order chi connectivity index (χ1) is 15.6. The smallest absolute Gasteiger partial charge is 0.142 e. The Morgan fingerprint density at radius 2 is 1.81 bits per heavy atom. The van der Waals surface area contributed by atoms with Gasteiger partial charge in [-0.05, 0) is 73.2 Å². The molecule has 0 atom stereocenters. The van der Waals surface area contributed by atoms with Crippen molar-refractivity contribution in [3.05, 3.63) is 69.9 Å². The van der Waals surface area contributed by atoms with Crippen molar-refractivity contribution in [2.75, 3.05) is 12.8 Å². The molecule has 0 amide bonds. The quantitative estimate of drug-likeness (QED) is 0.510. The molecule has 1 heterocycles. The molecule has 5 nitrogen and oxygen atoms in total. The Kier molecular flexibility index (Phi) is 6.82. The van der Waals surface area contributed by atoms with E-state index in [-0.39, 0.29) is 0 Å². The van der Waals surface area contributed by atoms with Gasteiger partial charge in [0.2, 0.25) is 0 Å². The third-order valence-corrected chi connectivity index (χ3v) is 6.14. The van der Waals surface area contributed by atoms with Crippen molar-refractivity contribution in [3.63, 3.8) is 0 Å². The number of aromatic nitrogens is 1. The summed E-state index contributed by atoms with van der Waals surface area (Å²) in [7, 11) is 1.64. The molecule has 164 valence electrons. The number of aryl methyl sites for hydroxylation is 1. The number of halogens is 1. The van der Waals surface area contributed by atoms with E-state index in [0.717, 1.165) is 65.1 Å². The van der Waals surface area contributed by atoms with Gasteiger partial charge in [0, 0.05) is 21.8 Å². The van der Waals surface area contributed by atoms with Crippen LogP contribution in [-0.4, -0.2) is 12.1 Å². The molecule has 1 aliphatic carbocycles. The second-order valence-electron chi connectivity index (χ2n) is 7.97. The minimum Gasteiger partial charge on any atom is -0.496 e. The zero-order valence-corrected chi connectivity index (χ0v) is 18.9. The Bertz CT molecular complexity index is 1150. The molecular formula is C26H26ClN3O2. The van der Waals surface area contributed by atoms with Crippen LogP contribution in [0, 0.1) is 11.3 Å². The van der Waals surface area contributed by atoms with Crippen LogP contribution in [0.4, 0.5) is 5.82 Å². The number of ether oxygens (including phenoxy) is 2. The molecule has 0 spiro atoms. The van der Waals surface area contributed by atoms with Crippen molar-refractivity contribution < 1.29 is 9.47 Å². The van der Waals surface area contributed by atoms with Crippen LogP contribution in [0.2, 0.25) is 5.02 Å². The van der Waals surface area contributed by atoms with Crippen LogP contribution in [-0.2, 0) is 19.4 Å². The van der Waals surface area contributed by atoms with Crippen LogP contribution in [0.3, 0.4) is 0 Å². The highest BCUT2D eigenvalue weighted by Crippen LogP contribution is 2.37. The number of pyridine rings is 1. The maximum atomic E-state index is 9.90. The number of benzene rings is 2. The fourth-order valence-electron chi connectivity index (χ4n) is 4.29. The average Bonchev–Trinajstić information content (AvgIpc) is 2.79. The third-order valence-electron chi connectivity index (χ3n) is 5.89. The maximum absolute atomic E-state index is 9.90. The van der Waals surface area contributed by atoms with Crippen LogP contribution < -0.4 is 15.2 Å². The highest BCUT2D eigenvalue weighted by atomic mass is 35.5. The monoisotopic (exact) mass is 447 g/mol. The molecule has 2 aromatic carbocycles. The molecule has 0 fully saturated rings. The standard InChI is InChI=1S/C26H26ClN3O2/c1-31-24-13-8-17(14-18(24)16-32-20-11-9-19(27)10-12-20)25-21-6-4-2-3-5-7-23(21)30-26(29)22(25)15-28/h8-14H,2-7,16H2,1H3,(H2,29,30). The third kappa shape index (κ3) is 4.66. The van der Waals surface area contributed by atoms with Gasteiger partial charge in [0.1, 0.15) is 35.6 Å². The highest BCUT2D eigenvalue weighted by Gasteiger charge is 2.21. The number of fused-ring (bicyclic) bond motifs is 1. The van der Waals surface area contributed by atoms with E-state index in [2.05, 4.69) is 11.1 Å². The molecule has 32 heavy (non-hydrogen) atoms. The SMILES string of the molecule is COc1ccc(-c2c(C#N)c(N)nc3c2CCCCCC3)cc1COc1ccc(Cl)cc1. The van der Waals surface area contributed by atoms with Crippen LogP contribution in [0.25, 0.3) is 11.1 Å². The largest absolute Gasteiger partial charge is 0.496 e. The van der Waals surface area contributed by atoms with Gasteiger partial charge in [-0.2, -0.15) is 5.26 Å². The van der Waals surface area contributed by atoms with Gasteiger partial charge in [0.25, 0.3) is 0 Å². The lowest BCUT2D eigenvalue weighted by molar-refractivity contribution is 0.297. The first-order valence-corrected chi connectivity index (χ1v) is 11.3. The Labute approximate surface area is 193 Å². The number of anilines is 1. The summed E-state index contributed by atoms with van der Waals surface area (Å²) in [6.07, 6.45) is 6.35. The summed E-state index contributed by atoms with van der Waals surface area (Å²) in [6.45, 7) is 0.323. The van der Waals surface area contributed by atoms with Crippen molar-refractivity contribution in [2.45, 2.75) is 45.1 Å². The van der Waals surface area contributed by atoms with Crippen molar-refractivity contribution in [2.24, 2.45) is 0 Å². The second-order valence-corrected chi connectivity index (χ2v) is 8.40. The van der Waals surface area contributed by atoms with Crippen LogP contribution in [0.15, 0.2) is 42.5 Å². The normalized spacial score (nSPS) is 13.4. The van der Waals surface area contributed by atoms with E-state index in [9.17, 15) is 5.26 Å².